The lowest BCUT2D eigenvalue weighted by Gasteiger charge is -2.12. The van der Waals surface area contributed by atoms with E-state index in [-0.39, 0.29) is 12.1 Å². The van der Waals surface area contributed by atoms with Crippen LogP contribution in [-0.4, -0.2) is 13.1 Å². The molecule has 3 nitrogen and oxygen atoms in total. The summed E-state index contributed by atoms with van der Waals surface area (Å²) in [6, 6.07) is 3.51. The van der Waals surface area contributed by atoms with E-state index in [1.54, 1.807) is 19.2 Å². The predicted octanol–water partition coefficient (Wildman–Crippen LogP) is 3.64. The van der Waals surface area contributed by atoms with Crippen molar-refractivity contribution in [3.8, 4) is 5.75 Å². The highest BCUT2D eigenvalue weighted by molar-refractivity contribution is 9.10. The van der Waals surface area contributed by atoms with Crippen LogP contribution in [0.1, 0.15) is 34.9 Å². The first-order valence-electron chi connectivity index (χ1n) is 5.37. The van der Waals surface area contributed by atoms with Crippen LogP contribution in [0.15, 0.2) is 29.3 Å². The Morgan fingerprint density at radius 2 is 2.35 bits per heavy atom. The maximum Gasteiger partial charge on any atom is 0.339 e. The van der Waals surface area contributed by atoms with Gasteiger partial charge in [0.25, 0.3) is 0 Å². The average Bonchev–Trinajstić information content (AvgIpc) is 2.65. The molecule has 0 amide bonds. The van der Waals surface area contributed by atoms with Crippen molar-refractivity contribution < 1.29 is 14.3 Å². The third-order valence-corrected chi connectivity index (χ3v) is 3.61. The first-order chi connectivity index (χ1) is 8.19. The second kappa shape index (κ2) is 4.92. The minimum absolute atomic E-state index is 0.208. The van der Waals surface area contributed by atoms with Crippen LogP contribution in [0.2, 0.25) is 0 Å². The van der Waals surface area contributed by atoms with Crippen LogP contribution in [0.4, 0.5) is 0 Å². The molecule has 4 heteroatoms. The summed E-state index contributed by atoms with van der Waals surface area (Å²) >= 11 is 3.47. The van der Waals surface area contributed by atoms with Crippen LogP contribution in [0.25, 0.3) is 0 Å². The van der Waals surface area contributed by atoms with E-state index in [0.29, 0.717) is 11.3 Å². The molecule has 1 aromatic rings. The second-order valence-corrected chi connectivity index (χ2v) is 4.60. The van der Waals surface area contributed by atoms with Crippen LogP contribution >= 0.6 is 15.9 Å². The van der Waals surface area contributed by atoms with Crippen molar-refractivity contribution in [3.05, 3.63) is 40.4 Å². The molecule has 1 aromatic carbocycles. The van der Waals surface area contributed by atoms with Crippen LogP contribution in [0.3, 0.4) is 0 Å². The fourth-order valence-corrected chi connectivity index (χ4v) is 2.71. The number of carbonyl (C=O) groups is 1. The van der Waals surface area contributed by atoms with Crippen molar-refractivity contribution in [2.45, 2.75) is 18.9 Å². The molecule has 90 valence electrons. The van der Waals surface area contributed by atoms with Gasteiger partial charge in [0.05, 0.1) is 17.1 Å². The molecule has 1 unspecified atom stereocenters. The summed E-state index contributed by atoms with van der Waals surface area (Å²) < 4.78 is 11.4. The number of hydrogen-bond donors (Lipinski definition) is 0. The SMILES string of the molecule is C=CCCC1OC(=O)c2ccc(OC)c(Br)c21. The smallest absolute Gasteiger partial charge is 0.339 e. The zero-order valence-electron chi connectivity index (χ0n) is 9.53. The van der Waals surface area contributed by atoms with Crippen molar-refractivity contribution in [3.63, 3.8) is 0 Å². The highest BCUT2D eigenvalue weighted by Crippen LogP contribution is 2.42. The number of rotatable bonds is 4. The molecule has 0 saturated carbocycles. The van der Waals surface area contributed by atoms with Gasteiger partial charge < -0.3 is 9.47 Å². The van der Waals surface area contributed by atoms with Crippen molar-refractivity contribution in [2.24, 2.45) is 0 Å². The Balaban J connectivity index is 2.42. The van der Waals surface area contributed by atoms with Crippen molar-refractivity contribution >= 4 is 21.9 Å². The fourth-order valence-electron chi connectivity index (χ4n) is 1.95. The summed E-state index contributed by atoms with van der Waals surface area (Å²) in [7, 11) is 1.60. The molecule has 1 aliphatic heterocycles. The topological polar surface area (TPSA) is 35.5 Å². The normalized spacial score (nSPS) is 17.5. The number of allylic oxidation sites excluding steroid dienone is 1. The number of cyclic esters (lactones) is 1. The quantitative estimate of drug-likeness (QED) is 0.629. The van der Waals surface area contributed by atoms with Crippen molar-refractivity contribution in [1.82, 2.24) is 0 Å². The van der Waals surface area contributed by atoms with Gasteiger partial charge in [0.2, 0.25) is 0 Å². The number of fused-ring (bicyclic) bond motifs is 1. The first-order valence-corrected chi connectivity index (χ1v) is 6.16. The lowest BCUT2D eigenvalue weighted by molar-refractivity contribution is 0.0370. The number of carbonyl (C=O) groups excluding carboxylic acids is 1. The lowest BCUT2D eigenvalue weighted by Crippen LogP contribution is -1.98. The average molecular weight is 297 g/mol. The molecule has 0 saturated heterocycles. The van der Waals surface area contributed by atoms with Gasteiger partial charge in [-0.2, -0.15) is 0 Å². The monoisotopic (exact) mass is 296 g/mol. The van der Waals surface area contributed by atoms with Crippen LogP contribution in [0, 0.1) is 0 Å². The molecule has 0 fully saturated rings. The summed E-state index contributed by atoms with van der Waals surface area (Å²) in [5.74, 6) is 0.447. The van der Waals surface area contributed by atoms with E-state index in [4.69, 9.17) is 9.47 Å². The summed E-state index contributed by atoms with van der Waals surface area (Å²) in [5, 5.41) is 0. The molecule has 0 aliphatic carbocycles. The standard InChI is InChI=1S/C13H13BrO3/c1-3-4-5-9-11-8(13(15)17-9)6-7-10(16-2)12(11)14/h3,6-7,9H,1,4-5H2,2H3. The lowest BCUT2D eigenvalue weighted by atomic mass is 10.0. The molecule has 0 spiro atoms. The van der Waals surface area contributed by atoms with E-state index < -0.39 is 0 Å². The zero-order chi connectivity index (χ0) is 12.4. The molecule has 2 rings (SSSR count). The molecule has 1 atom stereocenters. The number of benzene rings is 1. The summed E-state index contributed by atoms with van der Waals surface area (Å²) in [6.07, 6.45) is 3.16. The van der Waals surface area contributed by atoms with E-state index in [9.17, 15) is 4.79 Å². The molecule has 1 aliphatic rings. The summed E-state index contributed by atoms with van der Waals surface area (Å²) in [4.78, 5) is 11.7. The Hall–Kier alpha value is -1.29. The Bertz CT molecular complexity index is 468. The summed E-state index contributed by atoms with van der Waals surface area (Å²) in [5.41, 5.74) is 1.50. The minimum atomic E-state index is -0.266. The van der Waals surface area contributed by atoms with E-state index in [2.05, 4.69) is 22.5 Å². The molecule has 0 radical (unpaired) electrons. The van der Waals surface area contributed by atoms with Crippen LogP contribution in [-0.2, 0) is 4.74 Å². The second-order valence-electron chi connectivity index (χ2n) is 3.80. The summed E-state index contributed by atoms with van der Waals surface area (Å²) in [6.45, 7) is 3.68. The highest BCUT2D eigenvalue weighted by Gasteiger charge is 2.33. The van der Waals surface area contributed by atoms with Gasteiger partial charge in [0.1, 0.15) is 11.9 Å². The maximum atomic E-state index is 11.7. The number of ether oxygens (including phenoxy) is 2. The minimum Gasteiger partial charge on any atom is -0.496 e. The van der Waals surface area contributed by atoms with E-state index in [1.165, 1.54) is 0 Å². The van der Waals surface area contributed by atoms with Gasteiger partial charge in [-0.05, 0) is 40.9 Å². The van der Waals surface area contributed by atoms with Crippen molar-refractivity contribution in [2.75, 3.05) is 7.11 Å². The van der Waals surface area contributed by atoms with Gasteiger partial charge in [-0.25, -0.2) is 4.79 Å². The van der Waals surface area contributed by atoms with Crippen molar-refractivity contribution in [1.29, 1.82) is 0 Å². The van der Waals surface area contributed by atoms with E-state index in [0.717, 1.165) is 22.9 Å². The number of methoxy groups -OCH3 is 1. The molecule has 0 N–H and O–H groups in total. The third-order valence-electron chi connectivity index (χ3n) is 2.79. The van der Waals surface area contributed by atoms with E-state index in [1.807, 2.05) is 6.08 Å². The number of hydrogen-bond acceptors (Lipinski definition) is 3. The number of halogens is 1. The molecule has 0 aromatic heterocycles. The maximum absolute atomic E-state index is 11.7. The van der Waals surface area contributed by atoms with Gasteiger partial charge in [-0.1, -0.05) is 6.08 Å². The Morgan fingerprint density at radius 3 is 3.00 bits per heavy atom. The van der Waals surface area contributed by atoms with E-state index >= 15 is 0 Å². The predicted molar refractivity (Wildman–Crippen MR) is 68.3 cm³/mol. The Labute approximate surface area is 109 Å². The van der Waals surface area contributed by atoms with Gasteiger partial charge in [0.15, 0.2) is 0 Å². The van der Waals surface area contributed by atoms with Crippen LogP contribution in [0.5, 0.6) is 5.75 Å². The Morgan fingerprint density at radius 1 is 1.59 bits per heavy atom. The zero-order valence-corrected chi connectivity index (χ0v) is 11.1. The van der Waals surface area contributed by atoms with Gasteiger partial charge in [-0.3, -0.25) is 0 Å². The van der Waals surface area contributed by atoms with Crippen LogP contribution < -0.4 is 4.74 Å². The van der Waals surface area contributed by atoms with Gasteiger partial charge in [-0.15, -0.1) is 6.58 Å². The molecular weight excluding hydrogens is 284 g/mol. The highest BCUT2D eigenvalue weighted by atomic mass is 79.9. The molecule has 17 heavy (non-hydrogen) atoms. The number of esters is 1. The molecule has 0 bridgehead atoms. The molecule has 1 heterocycles. The first kappa shape index (κ1) is 12.2. The van der Waals surface area contributed by atoms with Gasteiger partial charge in [0, 0.05) is 5.56 Å². The molecular formula is C13H13BrO3. The Kier molecular flexibility index (Phi) is 3.52. The van der Waals surface area contributed by atoms with Gasteiger partial charge >= 0.3 is 5.97 Å². The largest absolute Gasteiger partial charge is 0.496 e. The third kappa shape index (κ3) is 2.09. The fraction of sp³-hybridized carbons (Fsp3) is 0.308.